The fourth-order valence-electron chi connectivity index (χ4n) is 2.71. The zero-order chi connectivity index (χ0) is 19.1. The summed E-state index contributed by atoms with van der Waals surface area (Å²) in [6, 6.07) is 16.4. The molecule has 0 radical (unpaired) electrons. The number of ether oxygens (including phenoxy) is 2. The van der Waals surface area contributed by atoms with Gasteiger partial charge in [0.05, 0.1) is 11.6 Å². The van der Waals surface area contributed by atoms with Gasteiger partial charge in [0.1, 0.15) is 6.61 Å². The first-order chi connectivity index (χ1) is 13.2. The quantitative estimate of drug-likeness (QED) is 0.548. The molecule has 0 amide bonds. The summed E-state index contributed by atoms with van der Waals surface area (Å²) in [6.45, 7) is 4.09. The third-order valence-corrected chi connectivity index (χ3v) is 4.79. The molecule has 0 saturated carbocycles. The highest BCUT2D eigenvalue weighted by atomic mass is 79.9. The van der Waals surface area contributed by atoms with Crippen LogP contribution in [0.4, 0.5) is 0 Å². The van der Waals surface area contributed by atoms with Gasteiger partial charge in [-0.25, -0.2) is 0 Å². The minimum Gasteiger partial charge on any atom is -0.493 e. The van der Waals surface area contributed by atoms with Crippen LogP contribution in [-0.2, 0) is 19.7 Å². The fourth-order valence-corrected chi connectivity index (χ4v) is 3.31. The summed E-state index contributed by atoms with van der Waals surface area (Å²) < 4.78 is 12.4. The Kier molecular flexibility index (Phi) is 6.85. The molecule has 4 nitrogen and oxygen atoms in total. The van der Waals surface area contributed by atoms with Gasteiger partial charge in [0.15, 0.2) is 11.5 Å². The molecule has 2 aromatic carbocycles. The zero-order valence-corrected chi connectivity index (χ0v) is 17.1. The Labute approximate surface area is 168 Å². The van der Waals surface area contributed by atoms with Crippen LogP contribution in [0, 0.1) is 6.92 Å². The lowest BCUT2D eigenvalue weighted by molar-refractivity contribution is 0.282. The SMILES string of the molecule is COc1cc(CNCc2ccncc2)cc(Br)c1OCc1ccc(C)cc1. The molecule has 27 heavy (non-hydrogen) atoms. The summed E-state index contributed by atoms with van der Waals surface area (Å²) in [7, 11) is 1.66. The second-order valence-corrected chi connectivity index (χ2v) is 7.20. The molecule has 140 valence electrons. The van der Waals surface area contributed by atoms with E-state index in [0.717, 1.165) is 40.2 Å². The van der Waals surface area contributed by atoms with E-state index >= 15 is 0 Å². The van der Waals surface area contributed by atoms with Gasteiger partial charge in [-0.05, 0) is 63.8 Å². The average molecular weight is 427 g/mol. The van der Waals surface area contributed by atoms with Crippen LogP contribution in [-0.4, -0.2) is 12.1 Å². The molecule has 0 aliphatic carbocycles. The molecule has 1 N–H and O–H groups in total. The van der Waals surface area contributed by atoms with E-state index < -0.39 is 0 Å². The Balaban J connectivity index is 1.64. The number of nitrogens with one attached hydrogen (secondary N) is 1. The fraction of sp³-hybridized carbons (Fsp3) is 0.227. The number of aryl methyl sites for hydroxylation is 1. The van der Waals surface area contributed by atoms with Crippen LogP contribution < -0.4 is 14.8 Å². The number of hydrogen-bond acceptors (Lipinski definition) is 4. The summed E-state index contributed by atoms with van der Waals surface area (Å²) in [4.78, 5) is 4.03. The van der Waals surface area contributed by atoms with E-state index in [1.807, 2.05) is 18.2 Å². The normalized spacial score (nSPS) is 10.6. The van der Waals surface area contributed by atoms with Crippen molar-refractivity contribution in [1.29, 1.82) is 0 Å². The van der Waals surface area contributed by atoms with Crippen LogP contribution in [0.3, 0.4) is 0 Å². The average Bonchev–Trinajstić information content (AvgIpc) is 2.69. The van der Waals surface area contributed by atoms with Crippen molar-refractivity contribution >= 4 is 15.9 Å². The maximum Gasteiger partial charge on any atom is 0.175 e. The van der Waals surface area contributed by atoms with Crippen molar-refractivity contribution in [3.8, 4) is 11.5 Å². The van der Waals surface area contributed by atoms with Gasteiger partial charge in [0, 0.05) is 25.5 Å². The summed E-state index contributed by atoms with van der Waals surface area (Å²) in [5.41, 5.74) is 4.68. The van der Waals surface area contributed by atoms with Crippen molar-refractivity contribution in [3.05, 3.63) is 87.7 Å². The van der Waals surface area contributed by atoms with E-state index in [1.54, 1.807) is 19.5 Å². The Morgan fingerprint density at radius 3 is 2.33 bits per heavy atom. The van der Waals surface area contributed by atoms with Gasteiger partial charge in [-0.1, -0.05) is 29.8 Å². The number of nitrogens with zero attached hydrogens (tertiary/aromatic N) is 1. The maximum absolute atomic E-state index is 6.01. The van der Waals surface area contributed by atoms with Crippen molar-refractivity contribution in [2.45, 2.75) is 26.6 Å². The number of methoxy groups -OCH3 is 1. The summed E-state index contributed by atoms with van der Waals surface area (Å²) in [5.74, 6) is 1.44. The third-order valence-electron chi connectivity index (χ3n) is 4.20. The number of aromatic nitrogens is 1. The first-order valence-corrected chi connectivity index (χ1v) is 9.59. The second kappa shape index (κ2) is 9.53. The van der Waals surface area contributed by atoms with Crippen molar-refractivity contribution in [3.63, 3.8) is 0 Å². The molecule has 0 atom stereocenters. The van der Waals surface area contributed by atoms with Gasteiger partial charge in [-0.3, -0.25) is 4.98 Å². The van der Waals surface area contributed by atoms with Crippen LogP contribution in [0.1, 0.15) is 22.3 Å². The Morgan fingerprint density at radius 1 is 0.926 bits per heavy atom. The molecule has 3 aromatic rings. The lowest BCUT2D eigenvalue weighted by Gasteiger charge is -2.15. The maximum atomic E-state index is 6.01. The first-order valence-electron chi connectivity index (χ1n) is 8.80. The van der Waals surface area contributed by atoms with E-state index in [9.17, 15) is 0 Å². The van der Waals surface area contributed by atoms with Crippen molar-refractivity contribution in [2.24, 2.45) is 0 Å². The van der Waals surface area contributed by atoms with E-state index in [1.165, 1.54) is 11.1 Å². The molecule has 3 rings (SSSR count). The number of pyridine rings is 1. The molecule has 1 aromatic heterocycles. The van der Waals surface area contributed by atoms with Crippen LogP contribution >= 0.6 is 15.9 Å². The molecule has 0 aliphatic rings. The van der Waals surface area contributed by atoms with Crippen molar-refractivity contribution in [2.75, 3.05) is 7.11 Å². The van der Waals surface area contributed by atoms with Gasteiger partial charge in [-0.2, -0.15) is 0 Å². The van der Waals surface area contributed by atoms with E-state index in [2.05, 4.69) is 63.5 Å². The van der Waals surface area contributed by atoms with E-state index in [4.69, 9.17) is 9.47 Å². The molecule has 0 bridgehead atoms. The minimum atomic E-state index is 0.495. The molecule has 0 fully saturated rings. The lowest BCUT2D eigenvalue weighted by Crippen LogP contribution is -2.13. The van der Waals surface area contributed by atoms with Crippen LogP contribution in [0.25, 0.3) is 0 Å². The Hall–Kier alpha value is -2.37. The van der Waals surface area contributed by atoms with Crippen LogP contribution in [0.15, 0.2) is 65.4 Å². The molecule has 0 spiro atoms. The molecule has 0 unspecified atom stereocenters. The first kappa shape index (κ1) is 19.4. The smallest absolute Gasteiger partial charge is 0.175 e. The predicted molar refractivity (Wildman–Crippen MR) is 111 cm³/mol. The van der Waals surface area contributed by atoms with Crippen LogP contribution in [0.2, 0.25) is 0 Å². The number of hydrogen-bond donors (Lipinski definition) is 1. The van der Waals surface area contributed by atoms with Gasteiger partial charge < -0.3 is 14.8 Å². The van der Waals surface area contributed by atoms with Crippen molar-refractivity contribution in [1.82, 2.24) is 10.3 Å². The minimum absolute atomic E-state index is 0.495. The van der Waals surface area contributed by atoms with Crippen molar-refractivity contribution < 1.29 is 9.47 Å². The molecule has 0 aliphatic heterocycles. The van der Waals surface area contributed by atoms with Gasteiger partial charge in [-0.15, -0.1) is 0 Å². The van der Waals surface area contributed by atoms with E-state index in [-0.39, 0.29) is 0 Å². The monoisotopic (exact) mass is 426 g/mol. The summed E-state index contributed by atoms with van der Waals surface area (Å²) in [6.07, 6.45) is 3.60. The van der Waals surface area contributed by atoms with Gasteiger partial charge in [0.25, 0.3) is 0 Å². The highest BCUT2D eigenvalue weighted by Gasteiger charge is 2.12. The Morgan fingerprint density at radius 2 is 1.63 bits per heavy atom. The molecular weight excluding hydrogens is 404 g/mol. The largest absolute Gasteiger partial charge is 0.493 e. The number of rotatable bonds is 8. The summed E-state index contributed by atoms with van der Waals surface area (Å²) in [5, 5.41) is 3.43. The summed E-state index contributed by atoms with van der Waals surface area (Å²) >= 11 is 3.62. The number of benzene rings is 2. The van der Waals surface area contributed by atoms with Crippen LogP contribution in [0.5, 0.6) is 11.5 Å². The zero-order valence-electron chi connectivity index (χ0n) is 15.5. The number of halogens is 1. The van der Waals surface area contributed by atoms with Gasteiger partial charge >= 0.3 is 0 Å². The standard InChI is InChI=1S/C22H23BrN2O2/c1-16-3-5-18(6-4-16)15-27-22-20(23)11-19(12-21(22)26-2)14-25-13-17-7-9-24-10-8-17/h3-12,25H,13-15H2,1-2H3. The van der Waals surface area contributed by atoms with Gasteiger partial charge in [0.2, 0.25) is 0 Å². The predicted octanol–water partition coefficient (Wildman–Crippen LogP) is 5.03. The molecular formula is C22H23BrN2O2. The Bertz CT molecular complexity index is 867. The molecule has 0 saturated heterocycles. The molecule has 5 heteroatoms. The van der Waals surface area contributed by atoms with E-state index in [0.29, 0.717) is 6.61 Å². The highest BCUT2D eigenvalue weighted by molar-refractivity contribution is 9.10. The topological polar surface area (TPSA) is 43.4 Å². The second-order valence-electron chi connectivity index (χ2n) is 6.34. The molecule has 1 heterocycles. The third kappa shape index (κ3) is 5.55. The lowest BCUT2D eigenvalue weighted by atomic mass is 10.1. The highest BCUT2D eigenvalue weighted by Crippen LogP contribution is 2.37.